The van der Waals surface area contributed by atoms with E-state index < -0.39 is 11.2 Å². The Balaban J connectivity index is 1.72. The molecule has 24 heavy (non-hydrogen) atoms. The Bertz CT molecular complexity index is 373. The molecule has 0 heterocycles. The first-order valence-electron chi connectivity index (χ1n) is 10.4. The van der Waals surface area contributed by atoms with Crippen molar-refractivity contribution in [2.24, 2.45) is 5.41 Å². The zero-order valence-corrected chi connectivity index (χ0v) is 16.1. The highest BCUT2D eigenvalue weighted by Crippen LogP contribution is 2.54. The highest BCUT2D eigenvalue weighted by Gasteiger charge is 2.60. The van der Waals surface area contributed by atoms with E-state index >= 15 is 0 Å². The molecule has 0 amide bonds. The summed E-state index contributed by atoms with van der Waals surface area (Å²) in [5.74, 6) is -1.06. The smallest absolute Gasteiger partial charge is 0.173 e. The van der Waals surface area contributed by atoms with E-state index in [1.54, 1.807) is 0 Å². The second-order valence-corrected chi connectivity index (χ2v) is 9.25. The van der Waals surface area contributed by atoms with Gasteiger partial charge in [0.15, 0.2) is 5.79 Å². The maximum atomic E-state index is 11.5. The van der Waals surface area contributed by atoms with Gasteiger partial charge in [-0.3, -0.25) is 0 Å². The fourth-order valence-corrected chi connectivity index (χ4v) is 5.13. The van der Waals surface area contributed by atoms with E-state index in [9.17, 15) is 5.11 Å². The first kappa shape index (κ1) is 18.7. The van der Waals surface area contributed by atoms with Gasteiger partial charge in [0.05, 0.1) is 17.8 Å². The molecule has 140 valence electrons. The number of hydrogen-bond acceptors (Lipinski definition) is 3. The molecule has 3 rings (SSSR count). The van der Waals surface area contributed by atoms with Gasteiger partial charge in [-0.15, -0.1) is 0 Å². The topological polar surface area (TPSA) is 38.7 Å². The van der Waals surface area contributed by atoms with Crippen LogP contribution in [-0.2, 0) is 9.47 Å². The van der Waals surface area contributed by atoms with Gasteiger partial charge in [0.2, 0.25) is 0 Å². The molecular weight excluding hydrogens is 300 g/mol. The quantitative estimate of drug-likeness (QED) is 0.703. The molecule has 0 aromatic rings. The minimum absolute atomic E-state index is 0.222. The van der Waals surface area contributed by atoms with Crippen molar-refractivity contribution in [3.8, 4) is 0 Å². The van der Waals surface area contributed by atoms with Gasteiger partial charge in [-0.2, -0.15) is 0 Å². The Morgan fingerprint density at radius 2 is 1.17 bits per heavy atom. The molecule has 0 saturated heterocycles. The summed E-state index contributed by atoms with van der Waals surface area (Å²) in [7, 11) is 0. The predicted octanol–water partition coefficient (Wildman–Crippen LogP) is 5.34. The van der Waals surface area contributed by atoms with E-state index in [2.05, 4.69) is 20.8 Å². The van der Waals surface area contributed by atoms with Crippen molar-refractivity contribution >= 4 is 0 Å². The summed E-state index contributed by atoms with van der Waals surface area (Å²) in [5, 5.41) is 11.5. The number of hydrogen-bond donors (Lipinski definition) is 1. The van der Waals surface area contributed by atoms with Crippen LogP contribution in [0.4, 0.5) is 0 Å². The lowest BCUT2D eigenvalue weighted by Crippen LogP contribution is -2.64. The Morgan fingerprint density at radius 1 is 0.667 bits per heavy atom. The van der Waals surface area contributed by atoms with Crippen LogP contribution in [0.1, 0.15) is 104 Å². The van der Waals surface area contributed by atoms with Crippen molar-refractivity contribution in [2.45, 2.75) is 128 Å². The van der Waals surface area contributed by atoms with Gasteiger partial charge in [-0.05, 0) is 45.4 Å². The lowest BCUT2D eigenvalue weighted by Gasteiger charge is -2.58. The first-order valence-corrected chi connectivity index (χ1v) is 10.4. The molecule has 2 atom stereocenters. The predicted molar refractivity (Wildman–Crippen MR) is 96.9 cm³/mol. The van der Waals surface area contributed by atoms with Gasteiger partial charge in [0.1, 0.15) is 0 Å². The van der Waals surface area contributed by atoms with Crippen LogP contribution in [0.15, 0.2) is 0 Å². The van der Waals surface area contributed by atoms with Crippen LogP contribution in [0.25, 0.3) is 0 Å². The van der Waals surface area contributed by atoms with E-state index in [0.29, 0.717) is 6.10 Å². The lowest BCUT2D eigenvalue weighted by atomic mass is 9.62. The van der Waals surface area contributed by atoms with E-state index in [-0.39, 0.29) is 11.7 Å². The van der Waals surface area contributed by atoms with Crippen molar-refractivity contribution in [3.63, 3.8) is 0 Å². The van der Waals surface area contributed by atoms with Gasteiger partial charge < -0.3 is 14.6 Å². The number of ether oxygens (including phenoxy) is 2. The van der Waals surface area contributed by atoms with E-state index in [4.69, 9.17) is 9.47 Å². The lowest BCUT2D eigenvalue weighted by molar-refractivity contribution is -0.352. The Labute approximate surface area is 148 Å². The highest BCUT2D eigenvalue weighted by molar-refractivity contribution is 5.05. The molecule has 1 N–H and O–H groups in total. The summed E-state index contributed by atoms with van der Waals surface area (Å²) >= 11 is 0. The van der Waals surface area contributed by atoms with Crippen molar-refractivity contribution in [1.82, 2.24) is 0 Å². The number of aliphatic hydroxyl groups is 1. The number of rotatable bonds is 4. The summed E-state index contributed by atoms with van der Waals surface area (Å²) in [6.45, 7) is 6.55. The molecule has 0 radical (unpaired) electrons. The van der Waals surface area contributed by atoms with Crippen molar-refractivity contribution in [1.29, 1.82) is 0 Å². The zero-order valence-electron chi connectivity index (χ0n) is 16.1. The van der Waals surface area contributed by atoms with Crippen molar-refractivity contribution < 1.29 is 14.6 Å². The molecule has 3 aliphatic rings. The Hall–Kier alpha value is -0.120. The third-order valence-corrected chi connectivity index (χ3v) is 7.36. The largest absolute Gasteiger partial charge is 0.371 e. The fourth-order valence-electron chi connectivity index (χ4n) is 5.13. The van der Waals surface area contributed by atoms with E-state index in [0.717, 1.165) is 32.1 Å². The molecule has 0 spiro atoms. The molecule has 0 aromatic heterocycles. The first-order chi connectivity index (χ1) is 11.4. The maximum Gasteiger partial charge on any atom is 0.173 e. The van der Waals surface area contributed by atoms with Crippen molar-refractivity contribution in [3.05, 3.63) is 0 Å². The van der Waals surface area contributed by atoms with Crippen LogP contribution >= 0.6 is 0 Å². The van der Waals surface area contributed by atoms with Gasteiger partial charge in [0.25, 0.3) is 0 Å². The normalized spacial score (nSPS) is 39.0. The average Bonchev–Trinajstić information content (AvgIpc) is 2.55. The van der Waals surface area contributed by atoms with E-state index in [1.807, 2.05) is 0 Å². The fraction of sp³-hybridized carbons (Fsp3) is 1.00. The molecule has 3 fully saturated rings. The summed E-state index contributed by atoms with van der Waals surface area (Å²) < 4.78 is 13.1. The van der Waals surface area contributed by atoms with Gasteiger partial charge in [-0.25, -0.2) is 0 Å². The molecule has 0 bridgehead atoms. The third-order valence-electron chi connectivity index (χ3n) is 7.36. The second kappa shape index (κ2) is 7.25. The zero-order chi connectivity index (χ0) is 17.3. The van der Waals surface area contributed by atoms with Crippen molar-refractivity contribution in [2.75, 3.05) is 0 Å². The minimum Gasteiger partial charge on any atom is -0.371 e. The monoisotopic (exact) mass is 338 g/mol. The van der Waals surface area contributed by atoms with Crippen LogP contribution in [-0.4, -0.2) is 28.7 Å². The van der Waals surface area contributed by atoms with Crippen LogP contribution in [0.3, 0.4) is 0 Å². The van der Waals surface area contributed by atoms with Gasteiger partial charge >= 0.3 is 0 Å². The molecule has 3 heteroatoms. The van der Waals surface area contributed by atoms with Gasteiger partial charge in [-0.1, -0.05) is 52.4 Å². The molecule has 3 saturated carbocycles. The van der Waals surface area contributed by atoms with Crippen LogP contribution in [0, 0.1) is 5.41 Å². The third kappa shape index (κ3) is 3.54. The summed E-state index contributed by atoms with van der Waals surface area (Å²) in [5.41, 5.74) is -0.705. The SMILES string of the molecule is CC1(OC2CCCCC2)CCCC(O)(OC2CCCCC2)C1(C)C. The van der Waals surface area contributed by atoms with Crippen LogP contribution in [0.5, 0.6) is 0 Å². The maximum absolute atomic E-state index is 11.5. The molecule has 3 aliphatic carbocycles. The highest BCUT2D eigenvalue weighted by atomic mass is 16.6. The standard InChI is InChI=1S/C21H38O3/c1-19(2)20(3,23-17-11-6-4-7-12-17)15-10-16-21(19,22)24-18-13-8-5-9-14-18/h17-18,22H,4-16H2,1-3H3. The van der Waals surface area contributed by atoms with Gasteiger partial charge in [0, 0.05) is 11.8 Å². The Morgan fingerprint density at radius 3 is 1.71 bits per heavy atom. The molecule has 2 unspecified atom stereocenters. The van der Waals surface area contributed by atoms with E-state index in [1.165, 1.54) is 51.4 Å². The summed E-state index contributed by atoms with van der Waals surface area (Å²) in [6.07, 6.45) is 15.5. The second-order valence-electron chi connectivity index (χ2n) is 9.25. The Kier molecular flexibility index (Phi) is 5.64. The van der Waals surface area contributed by atoms with Crippen LogP contribution < -0.4 is 0 Å². The van der Waals surface area contributed by atoms with Crippen LogP contribution in [0.2, 0.25) is 0 Å². The molecule has 0 aliphatic heterocycles. The average molecular weight is 339 g/mol. The summed E-state index contributed by atoms with van der Waals surface area (Å²) in [6, 6.07) is 0. The summed E-state index contributed by atoms with van der Waals surface area (Å²) in [4.78, 5) is 0. The molecule has 3 nitrogen and oxygen atoms in total. The molecule has 0 aromatic carbocycles. The minimum atomic E-state index is -1.06. The molecular formula is C21H38O3.